The number of carbonyl (C=O) groups is 1. The molecule has 0 spiro atoms. The van der Waals surface area contributed by atoms with Gasteiger partial charge in [-0.1, -0.05) is 11.8 Å². The van der Waals surface area contributed by atoms with Crippen LogP contribution in [0.2, 0.25) is 0 Å². The number of hydrogen-bond acceptors (Lipinski definition) is 7. The van der Waals surface area contributed by atoms with Gasteiger partial charge in [-0.25, -0.2) is 9.59 Å². The second-order valence-electron chi connectivity index (χ2n) is 3.94. The first-order chi connectivity index (χ1) is 9.88. The molecule has 2 rings (SSSR count). The molecular formula is C11H9N3O6S. The van der Waals surface area contributed by atoms with Gasteiger partial charge in [-0.2, -0.15) is 4.98 Å². The Bertz CT molecular complexity index is 766. The number of carboxylic acid groups (broad SMARTS) is 1. The van der Waals surface area contributed by atoms with E-state index in [1.807, 2.05) is 0 Å². The van der Waals surface area contributed by atoms with Crippen molar-refractivity contribution in [1.82, 2.24) is 9.97 Å². The minimum atomic E-state index is -1.22. The van der Waals surface area contributed by atoms with Crippen molar-refractivity contribution in [1.29, 1.82) is 0 Å². The van der Waals surface area contributed by atoms with Gasteiger partial charge in [0.15, 0.2) is 0 Å². The Hall–Kier alpha value is -2.62. The second kappa shape index (κ2) is 5.79. The highest BCUT2D eigenvalue weighted by molar-refractivity contribution is 7.98. The van der Waals surface area contributed by atoms with Crippen molar-refractivity contribution in [3.8, 4) is 0 Å². The lowest BCUT2D eigenvalue weighted by Crippen LogP contribution is -2.18. The van der Waals surface area contributed by atoms with Gasteiger partial charge in [0.2, 0.25) is 0 Å². The summed E-state index contributed by atoms with van der Waals surface area (Å²) in [5.74, 6) is -1.23. The van der Waals surface area contributed by atoms with Gasteiger partial charge in [0.05, 0.1) is 11.8 Å². The predicted molar refractivity (Wildman–Crippen MR) is 71.5 cm³/mol. The first-order valence-corrected chi connectivity index (χ1v) is 6.57. The minimum Gasteiger partial charge on any atom is -0.478 e. The molecule has 0 atom stereocenters. The molecule has 0 aromatic carbocycles. The number of H-pyrrole nitrogens is 1. The van der Waals surface area contributed by atoms with Crippen LogP contribution in [0.25, 0.3) is 0 Å². The van der Waals surface area contributed by atoms with E-state index in [-0.39, 0.29) is 27.8 Å². The van der Waals surface area contributed by atoms with Gasteiger partial charge in [-0.05, 0) is 13.0 Å². The Labute approximate surface area is 121 Å². The number of aryl methyl sites for hydroxylation is 1. The Morgan fingerprint density at radius 2 is 2.29 bits per heavy atom. The topological polar surface area (TPSA) is 139 Å². The van der Waals surface area contributed by atoms with Crippen molar-refractivity contribution in [3.63, 3.8) is 0 Å². The second-order valence-corrected chi connectivity index (χ2v) is 4.90. The highest BCUT2D eigenvalue weighted by atomic mass is 32.2. The molecule has 0 bridgehead atoms. The zero-order chi connectivity index (χ0) is 15.6. The maximum absolute atomic E-state index is 11.3. The third-order valence-electron chi connectivity index (χ3n) is 2.48. The zero-order valence-corrected chi connectivity index (χ0v) is 11.5. The molecule has 0 aliphatic heterocycles. The number of nitrogens with one attached hydrogen (secondary N) is 1. The molecule has 0 aliphatic carbocycles. The summed E-state index contributed by atoms with van der Waals surface area (Å²) in [5, 5.41) is 19.6. The Kier molecular flexibility index (Phi) is 4.08. The average molecular weight is 311 g/mol. The summed E-state index contributed by atoms with van der Waals surface area (Å²) in [6.07, 6.45) is 0. The molecule has 0 unspecified atom stereocenters. The number of carboxylic acids is 1. The Morgan fingerprint density at radius 1 is 1.57 bits per heavy atom. The number of nitrogens with zero attached hydrogens (tertiary/aromatic N) is 2. The van der Waals surface area contributed by atoms with Crippen molar-refractivity contribution in [2.75, 3.05) is 0 Å². The lowest BCUT2D eigenvalue weighted by Gasteiger charge is -2.05. The third kappa shape index (κ3) is 3.28. The fraction of sp³-hybridized carbons (Fsp3) is 0.182. The van der Waals surface area contributed by atoms with Gasteiger partial charge < -0.3 is 14.5 Å². The standard InChI is InChI=1S/C11H9N3O6S/c1-5-8(10(15)16)9(13-11(17)12-5)21-4-6-2-3-7(20-6)14(18)19/h2-3H,4H2,1H3,(H,15,16)(H,12,13,17). The summed E-state index contributed by atoms with van der Waals surface area (Å²) in [6, 6.07) is 2.61. The largest absolute Gasteiger partial charge is 0.478 e. The number of aromatic amines is 1. The highest BCUT2D eigenvalue weighted by Gasteiger charge is 2.18. The van der Waals surface area contributed by atoms with E-state index in [9.17, 15) is 19.7 Å². The van der Waals surface area contributed by atoms with Crippen LogP contribution in [-0.2, 0) is 5.75 Å². The number of aromatic carboxylic acids is 1. The molecule has 0 aliphatic rings. The molecule has 0 fully saturated rings. The van der Waals surface area contributed by atoms with E-state index >= 15 is 0 Å². The SMILES string of the molecule is Cc1[nH]c(=O)nc(SCc2ccc([N+](=O)[O-])o2)c1C(=O)O. The van der Waals surface area contributed by atoms with Crippen LogP contribution in [0.15, 0.2) is 26.4 Å². The lowest BCUT2D eigenvalue weighted by molar-refractivity contribution is -0.402. The van der Waals surface area contributed by atoms with Crippen LogP contribution in [0.3, 0.4) is 0 Å². The normalized spacial score (nSPS) is 10.5. The first-order valence-electron chi connectivity index (χ1n) is 5.58. The van der Waals surface area contributed by atoms with Crippen molar-refractivity contribution in [2.45, 2.75) is 17.7 Å². The maximum Gasteiger partial charge on any atom is 0.433 e. The van der Waals surface area contributed by atoms with Crippen molar-refractivity contribution >= 4 is 23.6 Å². The van der Waals surface area contributed by atoms with Crippen LogP contribution in [0, 0.1) is 17.0 Å². The van der Waals surface area contributed by atoms with Crippen LogP contribution in [0.5, 0.6) is 0 Å². The average Bonchev–Trinajstić information content (AvgIpc) is 2.83. The molecule has 2 aromatic heterocycles. The summed E-state index contributed by atoms with van der Waals surface area (Å²) in [4.78, 5) is 38.2. The summed E-state index contributed by atoms with van der Waals surface area (Å²) in [7, 11) is 0. The summed E-state index contributed by atoms with van der Waals surface area (Å²) in [5.41, 5.74) is -0.582. The van der Waals surface area contributed by atoms with Crippen LogP contribution < -0.4 is 5.69 Å². The van der Waals surface area contributed by atoms with Gasteiger partial charge in [-0.15, -0.1) is 0 Å². The van der Waals surface area contributed by atoms with Crippen molar-refractivity contribution < 1.29 is 19.2 Å². The van der Waals surface area contributed by atoms with E-state index in [1.54, 1.807) is 0 Å². The summed E-state index contributed by atoms with van der Waals surface area (Å²) < 4.78 is 4.95. The zero-order valence-electron chi connectivity index (χ0n) is 10.7. The Balaban J connectivity index is 2.25. The van der Waals surface area contributed by atoms with Crippen LogP contribution in [0.1, 0.15) is 21.8 Å². The fourth-order valence-corrected chi connectivity index (χ4v) is 2.56. The molecule has 2 aromatic rings. The molecule has 9 nitrogen and oxygen atoms in total. The molecule has 0 amide bonds. The number of aromatic nitrogens is 2. The first kappa shape index (κ1) is 14.8. The van der Waals surface area contributed by atoms with E-state index in [0.29, 0.717) is 0 Å². The van der Waals surface area contributed by atoms with E-state index in [4.69, 9.17) is 9.52 Å². The number of thioether (sulfide) groups is 1. The van der Waals surface area contributed by atoms with Gasteiger partial charge in [0.1, 0.15) is 21.3 Å². The molecule has 10 heteroatoms. The summed E-state index contributed by atoms with van der Waals surface area (Å²) in [6.45, 7) is 1.45. The van der Waals surface area contributed by atoms with Gasteiger partial charge in [0, 0.05) is 5.69 Å². The van der Waals surface area contributed by atoms with Crippen LogP contribution in [0.4, 0.5) is 5.88 Å². The third-order valence-corrected chi connectivity index (χ3v) is 3.48. The fourth-order valence-electron chi connectivity index (χ4n) is 1.60. The molecular weight excluding hydrogens is 302 g/mol. The highest BCUT2D eigenvalue weighted by Crippen LogP contribution is 2.27. The molecule has 110 valence electrons. The van der Waals surface area contributed by atoms with E-state index in [2.05, 4.69) is 9.97 Å². The lowest BCUT2D eigenvalue weighted by atomic mass is 10.2. The van der Waals surface area contributed by atoms with Crippen molar-refractivity contribution in [3.05, 3.63) is 49.7 Å². The van der Waals surface area contributed by atoms with E-state index in [0.717, 1.165) is 11.8 Å². The Morgan fingerprint density at radius 3 is 2.86 bits per heavy atom. The summed E-state index contributed by atoms with van der Waals surface area (Å²) >= 11 is 0.954. The number of rotatable bonds is 5. The number of furan rings is 1. The minimum absolute atomic E-state index is 0.0304. The molecule has 2 heterocycles. The quantitative estimate of drug-likeness (QED) is 0.367. The monoisotopic (exact) mass is 311 g/mol. The maximum atomic E-state index is 11.3. The smallest absolute Gasteiger partial charge is 0.433 e. The van der Waals surface area contributed by atoms with Crippen LogP contribution in [-0.4, -0.2) is 26.0 Å². The number of nitro groups is 1. The van der Waals surface area contributed by atoms with E-state index < -0.39 is 22.5 Å². The molecule has 2 N–H and O–H groups in total. The number of hydrogen-bond donors (Lipinski definition) is 2. The van der Waals surface area contributed by atoms with Crippen LogP contribution >= 0.6 is 11.8 Å². The van der Waals surface area contributed by atoms with Crippen molar-refractivity contribution in [2.24, 2.45) is 0 Å². The molecule has 0 saturated heterocycles. The van der Waals surface area contributed by atoms with E-state index in [1.165, 1.54) is 19.1 Å². The van der Waals surface area contributed by atoms with Gasteiger partial charge in [0.25, 0.3) is 0 Å². The molecule has 0 radical (unpaired) electrons. The van der Waals surface area contributed by atoms with Gasteiger partial charge in [-0.3, -0.25) is 10.1 Å². The predicted octanol–water partition coefficient (Wildman–Crippen LogP) is 1.57. The van der Waals surface area contributed by atoms with Gasteiger partial charge >= 0.3 is 17.5 Å². The molecule has 0 saturated carbocycles. The molecule has 21 heavy (non-hydrogen) atoms.